The van der Waals surface area contributed by atoms with Crippen LogP contribution in [0.4, 0.5) is 0 Å². The van der Waals surface area contributed by atoms with Crippen LogP contribution in [0.15, 0.2) is 63.8 Å². The molecule has 0 unspecified atom stereocenters. The number of carbonyl (C=O) groups is 1. The normalized spacial score (nSPS) is 32.6. The standard InChI is InChI=1S/C43H48O23/c1-15-29(50)32(53)35(56)41(60-15)59-14-26-30(51)33(54)40(66-42-36(57)34(55)37(16(2)61-42)64-27(49)9-5-17-4-7-21(46)24(10-17)58-3)43(63-26)65-39-31(52)28-23(48)12-19(44)13-25(28)62-38(39)18-6-8-20(45)22(47)11-18/h4-13,15-16,26,29-30,32-37,40-48,50-51,53-57H,14H2,1-3H3/b9-5+/t15-,16-,26+,29-,30+,32+,33-,34-,35+,36+,37-,40+,41+,42-,43-/m0/s1. The number of phenols is 5. The van der Waals surface area contributed by atoms with Crippen molar-refractivity contribution < 1.29 is 108 Å². The first kappa shape index (κ1) is 48.1. The number of rotatable bonds is 12. The van der Waals surface area contributed by atoms with Crippen molar-refractivity contribution in [2.75, 3.05) is 13.7 Å². The van der Waals surface area contributed by atoms with Gasteiger partial charge in [0.25, 0.3) is 0 Å². The molecule has 15 atom stereocenters. The van der Waals surface area contributed by atoms with Gasteiger partial charge in [0.05, 0.1) is 25.9 Å². The molecule has 23 nitrogen and oxygen atoms in total. The molecule has 12 N–H and O–H groups in total. The lowest BCUT2D eigenvalue weighted by molar-refractivity contribution is -0.360. The molecule has 3 saturated heterocycles. The Bertz CT molecular complexity index is 2470. The molecule has 66 heavy (non-hydrogen) atoms. The second-order valence-corrected chi connectivity index (χ2v) is 15.7. The molecule has 0 aliphatic carbocycles. The summed E-state index contributed by atoms with van der Waals surface area (Å²) in [5.41, 5.74) is -1.21. The first-order valence-corrected chi connectivity index (χ1v) is 20.2. The summed E-state index contributed by atoms with van der Waals surface area (Å²) in [5, 5.41) is 127. The number of hydrogen-bond acceptors (Lipinski definition) is 23. The van der Waals surface area contributed by atoms with Gasteiger partial charge >= 0.3 is 5.97 Å². The van der Waals surface area contributed by atoms with Gasteiger partial charge in [-0.05, 0) is 55.8 Å². The van der Waals surface area contributed by atoms with Crippen LogP contribution in [0, 0.1) is 0 Å². The molecule has 0 radical (unpaired) electrons. The maximum absolute atomic E-state index is 14.3. The second kappa shape index (κ2) is 19.6. The van der Waals surface area contributed by atoms with Crippen LogP contribution in [0.1, 0.15) is 19.4 Å². The Morgan fingerprint density at radius 1 is 0.682 bits per heavy atom. The van der Waals surface area contributed by atoms with Crippen molar-refractivity contribution in [2.24, 2.45) is 0 Å². The number of phenolic OH excluding ortho intramolecular Hbond substituents is 5. The maximum Gasteiger partial charge on any atom is 0.331 e. The van der Waals surface area contributed by atoms with Crippen molar-refractivity contribution in [1.82, 2.24) is 0 Å². The van der Waals surface area contributed by atoms with Crippen LogP contribution in [0.3, 0.4) is 0 Å². The highest BCUT2D eigenvalue weighted by Crippen LogP contribution is 2.40. The number of benzene rings is 3. The van der Waals surface area contributed by atoms with Gasteiger partial charge in [0.2, 0.25) is 17.5 Å². The summed E-state index contributed by atoms with van der Waals surface area (Å²) in [4.78, 5) is 27.1. The average molecular weight is 933 g/mol. The van der Waals surface area contributed by atoms with Gasteiger partial charge in [0.1, 0.15) is 71.3 Å². The molecular formula is C43H48O23. The first-order chi connectivity index (χ1) is 31.3. The highest BCUT2D eigenvalue weighted by atomic mass is 16.8. The smallest absolute Gasteiger partial charge is 0.331 e. The Hall–Kier alpha value is -5.80. The SMILES string of the molecule is COc1cc(/C=C/C(=O)O[C@@H]2[C@@H](O)[C@@H](O)[C@H](O[C@H]3[C@H](Oc4c(-c5ccc(O)c(O)c5)oc5cc(O)cc(O)c5c4=O)O[C@H](CO[C@@H]4O[C@@H](C)[C@H](O)[C@@H](O)[C@H]4O)[C@@H](O)[C@@H]3O)O[C@H]2C)ccc1O. The van der Waals surface area contributed by atoms with Crippen LogP contribution in [0.2, 0.25) is 0 Å². The number of aliphatic hydroxyl groups is 7. The molecule has 23 heteroatoms. The van der Waals surface area contributed by atoms with Crippen molar-refractivity contribution >= 4 is 23.0 Å². The Morgan fingerprint density at radius 3 is 2.08 bits per heavy atom. The topological polar surface area (TPSA) is 364 Å². The Morgan fingerprint density at radius 2 is 1.36 bits per heavy atom. The first-order valence-electron chi connectivity index (χ1n) is 20.2. The largest absolute Gasteiger partial charge is 0.508 e. The lowest BCUT2D eigenvalue weighted by Crippen LogP contribution is -2.65. The predicted molar refractivity (Wildman–Crippen MR) is 219 cm³/mol. The third kappa shape index (κ3) is 9.69. The molecule has 0 saturated carbocycles. The number of esters is 1. The summed E-state index contributed by atoms with van der Waals surface area (Å²) in [5.74, 6) is -4.85. The summed E-state index contributed by atoms with van der Waals surface area (Å²) in [7, 11) is 1.34. The summed E-state index contributed by atoms with van der Waals surface area (Å²) in [6, 6.07) is 9.27. The second-order valence-electron chi connectivity index (χ2n) is 15.7. The molecule has 7 rings (SSSR count). The number of hydrogen-bond donors (Lipinski definition) is 12. The third-order valence-corrected chi connectivity index (χ3v) is 11.2. The number of methoxy groups -OCH3 is 1. The van der Waals surface area contributed by atoms with Crippen molar-refractivity contribution in [3.63, 3.8) is 0 Å². The van der Waals surface area contributed by atoms with E-state index in [0.717, 1.165) is 30.3 Å². The Labute approximate surface area is 372 Å². The molecule has 0 amide bonds. The number of ether oxygens (including phenoxy) is 8. The van der Waals surface area contributed by atoms with Crippen molar-refractivity contribution in [3.05, 3.63) is 70.4 Å². The molecule has 0 bridgehead atoms. The minimum Gasteiger partial charge on any atom is -0.508 e. The monoisotopic (exact) mass is 932 g/mol. The molecular weight excluding hydrogens is 884 g/mol. The number of aromatic hydroxyl groups is 5. The molecule has 3 fully saturated rings. The highest BCUT2D eigenvalue weighted by molar-refractivity contribution is 5.89. The molecule has 4 heterocycles. The van der Waals surface area contributed by atoms with E-state index in [1.165, 1.54) is 51.3 Å². The quantitative estimate of drug-likeness (QED) is 0.0467. The fourth-order valence-corrected chi connectivity index (χ4v) is 7.54. The van der Waals surface area contributed by atoms with Crippen LogP contribution in [-0.2, 0) is 33.2 Å². The van der Waals surface area contributed by atoms with Gasteiger partial charge in [-0.3, -0.25) is 4.79 Å². The van der Waals surface area contributed by atoms with E-state index in [2.05, 4.69) is 0 Å². The summed E-state index contributed by atoms with van der Waals surface area (Å²) >= 11 is 0. The van der Waals surface area contributed by atoms with E-state index in [1.807, 2.05) is 0 Å². The van der Waals surface area contributed by atoms with Gasteiger partial charge in [-0.15, -0.1) is 0 Å². The van der Waals surface area contributed by atoms with Crippen LogP contribution in [0.25, 0.3) is 28.4 Å². The minimum atomic E-state index is -2.12. The molecule has 0 spiro atoms. The lowest BCUT2D eigenvalue weighted by atomic mass is 9.97. The fourth-order valence-electron chi connectivity index (χ4n) is 7.54. The van der Waals surface area contributed by atoms with Crippen molar-refractivity contribution in [3.8, 4) is 51.6 Å². The molecule has 4 aromatic rings. The van der Waals surface area contributed by atoms with Crippen LogP contribution >= 0.6 is 0 Å². The molecule has 3 aliphatic heterocycles. The van der Waals surface area contributed by atoms with E-state index in [1.54, 1.807) is 0 Å². The van der Waals surface area contributed by atoms with E-state index < -0.39 is 150 Å². The van der Waals surface area contributed by atoms with Crippen LogP contribution < -0.4 is 14.9 Å². The molecule has 3 aliphatic rings. The summed E-state index contributed by atoms with van der Waals surface area (Å²) in [6.45, 7) is 2.00. The Balaban J connectivity index is 1.19. The predicted octanol–water partition coefficient (Wildman–Crippen LogP) is -0.857. The van der Waals surface area contributed by atoms with Gasteiger partial charge in [-0.25, -0.2) is 4.79 Å². The van der Waals surface area contributed by atoms with Crippen LogP contribution in [0.5, 0.6) is 40.2 Å². The molecule has 3 aromatic carbocycles. The van der Waals surface area contributed by atoms with E-state index in [4.69, 9.17) is 42.3 Å². The summed E-state index contributed by atoms with van der Waals surface area (Å²) in [6.07, 6.45) is -23.9. The van der Waals surface area contributed by atoms with E-state index in [0.29, 0.717) is 5.56 Å². The zero-order valence-electron chi connectivity index (χ0n) is 35.0. The zero-order chi connectivity index (χ0) is 47.9. The fraction of sp³-hybridized carbons (Fsp3) is 0.442. The van der Waals surface area contributed by atoms with Crippen molar-refractivity contribution in [2.45, 2.75) is 106 Å². The molecule has 358 valence electrons. The molecule has 1 aromatic heterocycles. The third-order valence-electron chi connectivity index (χ3n) is 11.2. The van der Waals surface area contributed by atoms with E-state index >= 15 is 0 Å². The van der Waals surface area contributed by atoms with Gasteiger partial charge in [0, 0.05) is 23.8 Å². The van der Waals surface area contributed by atoms with Crippen LogP contribution in [-0.4, -0.2) is 173 Å². The maximum atomic E-state index is 14.3. The van der Waals surface area contributed by atoms with E-state index in [-0.39, 0.29) is 22.6 Å². The number of aliphatic hydroxyl groups excluding tert-OH is 7. The van der Waals surface area contributed by atoms with Gasteiger partial charge < -0.3 is 104 Å². The summed E-state index contributed by atoms with van der Waals surface area (Å²) < 4.78 is 51.3. The lowest BCUT2D eigenvalue weighted by Gasteiger charge is -2.46. The van der Waals surface area contributed by atoms with Gasteiger partial charge in [0.15, 0.2) is 53.5 Å². The number of carbonyl (C=O) groups excluding carboxylic acids is 1. The highest BCUT2D eigenvalue weighted by Gasteiger charge is 2.53. The average Bonchev–Trinajstić information content (AvgIpc) is 3.27. The zero-order valence-corrected chi connectivity index (χ0v) is 35.0. The van der Waals surface area contributed by atoms with Crippen molar-refractivity contribution in [1.29, 1.82) is 0 Å². The minimum absolute atomic E-state index is 0.129. The number of fused-ring (bicyclic) bond motifs is 1. The Kier molecular flexibility index (Phi) is 14.3. The van der Waals surface area contributed by atoms with E-state index in [9.17, 15) is 70.9 Å². The van der Waals surface area contributed by atoms with Gasteiger partial charge in [-0.1, -0.05) is 6.07 Å². The van der Waals surface area contributed by atoms with Gasteiger partial charge in [-0.2, -0.15) is 0 Å².